The first-order valence-corrected chi connectivity index (χ1v) is 10.4. The lowest BCUT2D eigenvalue weighted by Gasteiger charge is -2.18. The molecule has 8 nitrogen and oxygen atoms in total. The summed E-state index contributed by atoms with van der Waals surface area (Å²) in [5.41, 5.74) is 0. The van der Waals surface area contributed by atoms with E-state index in [4.69, 9.17) is 24.4 Å². The standard InChI is InChI=1S/C20H24FNO3.C4H4O4/c1-23-19-5-2-3-6-20(19)25-18-11-13-22(15-18)12-4-14-24-17-9-7-16(21)8-10-17;5-3(6)1-2-4(7)8/h2-3,5-10,18H,4,11-15H2,1H3;1-2H,(H,5,6)(H,7,8)/b;2-1-. The predicted octanol–water partition coefficient (Wildman–Crippen LogP) is 3.47. The zero-order valence-electron chi connectivity index (χ0n) is 18.4. The molecule has 0 saturated carbocycles. The SMILES string of the molecule is COc1ccccc1OC1CCN(CCCOc2ccc(F)cc2)C1.O=C(O)/C=C\C(=O)O. The Morgan fingerprint density at radius 3 is 2.30 bits per heavy atom. The van der Waals surface area contributed by atoms with Gasteiger partial charge in [0.1, 0.15) is 17.7 Å². The highest BCUT2D eigenvalue weighted by Crippen LogP contribution is 2.28. The lowest BCUT2D eigenvalue weighted by molar-refractivity contribution is -0.134. The maximum absolute atomic E-state index is 12.8. The maximum Gasteiger partial charge on any atom is 0.328 e. The van der Waals surface area contributed by atoms with E-state index in [2.05, 4.69) is 4.90 Å². The number of rotatable bonds is 10. The molecule has 2 aromatic rings. The molecular weight excluding hydrogens is 433 g/mol. The minimum atomic E-state index is -1.26. The topological polar surface area (TPSA) is 106 Å². The van der Waals surface area contributed by atoms with Crippen LogP contribution in [0.3, 0.4) is 0 Å². The van der Waals surface area contributed by atoms with Gasteiger partial charge in [-0.15, -0.1) is 0 Å². The van der Waals surface area contributed by atoms with E-state index in [9.17, 15) is 14.0 Å². The van der Waals surface area contributed by atoms with Crippen molar-refractivity contribution in [2.24, 2.45) is 0 Å². The Morgan fingerprint density at radius 2 is 1.70 bits per heavy atom. The zero-order valence-corrected chi connectivity index (χ0v) is 18.4. The second-order valence-electron chi connectivity index (χ2n) is 7.15. The first-order valence-electron chi connectivity index (χ1n) is 10.4. The number of para-hydroxylation sites is 2. The largest absolute Gasteiger partial charge is 0.494 e. The highest BCUT2D eigenvalue weighted by Gasteiger charge is 2.24. The number of ether oxygens (including phenoxy) is 3. The van der Waals surface area contributed by atoms with Gasteiger partial charge < -0.3 is 24.4 Å². The first kappa shape index (κ1) is 25.7. The van der Waals surface area contributed by atoms with Gasteiger partial charge in [0.2, 0.25) is 0 Å². The number of hydrogen-bond acceptors (Lipinski definition) is 6. The van der Waals surface area contributed by atoms with Crippen LogP contribution in [0, 0.1) is 5.82 Å². The van der Waals surface area contributed by atoms with Crippen molar-refractivity contribution in [1.82, 2.24) is 4.90 Å². The number of benzene rings is 2. The third-order valence-corrected chi connectivity index (χ3v) is 4.66. The quantitative estimate of drug-likeness (QED) is 0.409. The molecular formula is C24H28FNO7. The van der Waals surface area contributed by atoms with Crippen LogP contribution in [-0.4, -0.2) is 66.5 Å². The van der Waals surface area contributed by atoms with Crippen LogP contribution < -0.4 is 14.2 Å². The lowest BCUT2D eigenvalue weighted by atomic mass is 10.3. The van der Waals surface area contributed by atoms with Crippen molar-refractivity contribution in [3.8, 4) is 17.2 Å². The van der Waals surface area contributed by atoms with Crippen LogP contribution >= 0.6 is 0 Å². The molecule has 1 fully saturated rings. The molecule has 0 aromatic heterocycles. The lowest BCUT2D eigenvalue weighted by Crippen LogP contribution is -2.26. The number of hydrogen-bond donors (Lipinski definition) is 2. The molecule has 3 rings (SSSR count). The summed E-state index contributed by atoms with van der Waals surface area (Å²) in [4.78, 5) is 21.5. The Morgan fingerprint density at radius 1 is 1.06 bits per heavy atom. The summed E-state index contributed by atoms with van der Waals surface area (Å²) >= 11 is 0. The van der Waals surface area contributed by atoms with Gasteiger partial charge in [0.05, 0.1) is 13.7 Å². The first-order chi connectivity index (χ1) is 15.9. The molecule has 1 saturated heterocycles. The molecule has 1 heterocycles. The number of carboxylic acids is 2. The number of aliphatic carboxylic acids is 2. The number of halogens is 1. The van der Waals surface area contributed by atoms with Crippen LogP contribution in [0.2, 0.25) is 0 Å². The van der Waals surface area contributed by atoms with Crippen LogP contribution in [0.4, 0.5) is 4.39 Å². The van der Waals surface area contributed by atoms with Gasteiger partial charge in [-0.05, 0) is 49.2 Å². The van der Waals surface area contributed by atoms with Crippen molar-refractivity contribution in [2.75, 3.05) is 33.4 Å². The number of likely N-dealkylation sites (tertiary alicyclic amines) is 1. The Hall–Kier alpha value is -3.59. The molecule has 1 aliphatic rings. The van der Waals surface area contributed by atoms with E-state index >= 15 is 0 Å². The highest BCUT2D eigenvalue weighted by molar-refractivity contribution is 5.89. The molecule has 2 N–H and O–H groups in total. The van der Waals surface area contributed by atoms with E-state index in [-0.39, 0.29) is 11.9 Å². The summed E-state index contributed by atoms with van der Waals surface area (Å²) in [7, 11) is 1.66. The van der Waals surface area contributed by atoms with Gasteiger partial charge >= 0.3 is 11.9 Å². The third-order valence-electron chi connectivity index (χ3n) is 4.66. The van der Waals surface area contributed by atoms with E-state index in [0.29, 0.717) is 24.5 Å². The van der Waals surface area contributed by atoms with Crippen molar-refractivity contribution in [3.05, 3.63) is 66.5 Å². The van der Waals surface area contributed by atoms with Gasteiger partial charge in [0.15, 0.2) is 11.5 Å². The molecule has 0 aliphatic carbocycles. The smallest absolute Gasteiger partial charge is 0.328 e. The van der Waals surface area contributed by atoms with Gasteiger partial charge in [-0.3, -0.25) is 4.90 Å². The fourth-order valence-electron chi connectivity index (χ4n) is 3.14. The van der Waals surface area contributed by atoms with Gasteiger partial charge in [-0.1, -0.05) is 12.1 Å². The van der Waals surface area contributed by atoms with Crippen molar-refractivity contribution in [3.63, 3.8) is 0 Å². The summed E-state index contributed by atoms with van der Waals surface area (Å²) < 4.78 is 29.9. The molecule has 0 amide bonds. The number of carboxylic acid groups (broad SMARTS) is 2. The molecule has 0 radical (unpaired) electrons. The van der Waals surface area contributed by atoms with E-state index in [0.717, 1.165) is 44.0 Å². The van der Waals surface area contributed by atoms with Crippen molar-refractivity contribution in [1.29, 1.82) is 0 Å². The minimum absolute atomic E-state index is 0.189. The zero-order chi connectivity index (χ0) is 24.1. The summed E-state index contributed by atoms with van der Waals surface area (Å²) in [5.74, 6) is -0.476. The number of carbonyl (C=O) groups is 2. The maximum atomic E-state index is 12.8. The molecule has 0 bridgehead atoms. The predicted molar refractivity (Wildman–Crippen MR) is 119 cm³/mol. The second kappa shape index (κ2) is 13.7. The Bertz CT molecular complexity index is 901. The van der Waals surface area contributed by atoms with Crippen molar-refractivity contribution in [2.45, 2.75) is 18.9 Å². The second-order valence-corrected chi connectivity index (χ2v) is 7.15. The molecule has 9 heteroatoms. The summed E-state index contributed by atoms with van der Waals surface area (Å²) in [6.07, 6.45) is 3.25. The molecule has 1 unspecified atom stereocenters. The average Bonchev–Trinajstić information content (AvgIpc) is 3.24. The van der Waals surface area contributed by atoms with Crippen LogP contribution in [0.15, 0.2) is 60.7 Å². The fourth-order valence-corrected chi connectivity index (χ4v) is 3.14. The van der Waals surface area contributed by atoms with E-state index in [1.807, 2.05) is 24.3 Å². The van der Waals surface area contributed by atoms with Crippen LogP contribution in [-0.2, 0) is 9.59 Å². The molecule has 178 valence electrons. The van der Waals surface area contributed by atoms with Gasteiger partial charge in [-0.25, -0.2) is 14.0 Å². The summed E-state index contributed by atoms with van der Waals surface area (Å²) in [6.45, 7) is 3.53. The van der Waals surface area contributed by atoms with E-state index in [1.54, 1.807) is 19.2 Å². The fraction of sp³-hybridized carbons (Fsp3) is 0.333. The van der Waals surface area contributed by atoms with Crippen molar-refractivity contribution >= 4 is 11.9 Å². The van der Waals surface area contributed by atoms with Gasteiger partial charge in [0.25, 0.3) is 0 Å². The Kier molecular flexibility index (Phi) is 10.7. The van der Waals surface area contributed by atoms with E-state index < -0.39 is 11.9 Å². The molecule has 2 aromatic carbocycles. The average molecular weight is 461 g/mol. The summed E-state index contributed by atoms with van der Waals surface area (Å²) in [5, 5.41) is 15.6. The normalized spacial score (nSPS) is 15.5. The number of methoxy groups -OCH3 is 1. The van der Waals surface area contributed by atoms with Crippen LogP contribution in [0.25, 0.3) is 0 Å². The molecule has 1 aliphatic heterocycles. The Balaban J connectivity index is 0.000000414. The molecule has 1 atom stereocenters. The van der Waals surface area contributed by atoms with Crippen LogP contribution in [0.1, 0.15) is 12.8 Å². The molecule has 0 spiro atoms. The van der Waals surface area contributed by atoms with Crippen molar-refractivity contribution < 1.29 is 38.4 Å². The molecule has 33 heavy (non-hydrogen) atoms. The minimum Gasteiger partial charge on any atom is -0.494 e. The monoisotopic (exact) mass is 461 g/mol. The van der Waals surface area contributed by atoms with Gasteiger partial charge in [-0.2, -0.15) is 0 Å². The summed E-state index contributed by atoms with van der Waals surface area (Å²) in [6, 6.07) is 13.9. The van der Waals surface area contributed by atoms with E-state index in [1.165, 1.54) is 12.1 Å². The Labute approximate surface area is 191 Å². The third kappa shape index (κ3) is 10.0. The van der Waals surface area contributed by atoms with Crippen LogP contribution in [0.5, 0.6) is 17.2 Å². The van der Waals surface area contributed by atoms with Gasteiger partial charge in [0, 0.05) is 31.8 Å². The highest BCUT2D eigenvalue weighted by atomic mass is 19.1. The number of nitrogens with zero attached hydrogens (tertiary/aromatic N) is 1.